The molecule has 0 aromatic heterocycles. The molecule has 0 spiro atoms. The van der Waals surface area contributed by atoms with Crippen LogP contribution in [0.4, 0.5) is 5.69 Å². The van der Waals surface area contributed by atoms with Crippen molar-refractivity contribution in [2.75, 3.05) is 12.4 Å². The number of hydrogen-bond acceptors (Lipinski definition) is 5. The number of nitrogens with zero attached hydrogens (tertiary/aromatic N) is 1. The molecule has 0 amide bonds. The molecule has 1 aromatic rings. The van der Waals surface area contributed by atoms with Crippen LogP contribution in [-0.4, -0.2) is 25.7 Å². The minimum Gasteiger partial charge on any atom is -0.487 e. The summed E-state index contributed by atoms with van der Waals surface area (Å²) in [6.45, 7) is 2.09. The van der Waals surface area contributed by atoms with E-state index in [2.05, 4.69) is 0 Å². The SMILES string of the molecule is CC(CCOc1cc(Cl)ccc1[N+](=O)[O-])CCS(N)(=O)=O. The molecule has 7 nitrogen and oxygen atoms in total. The van der Waals surface area contributed by atoms with Gasteiger partial charge in [-0.25, -0.2) is 13.6 Å². The van der Waals surface area contributed by atoms with Crippen LogP contribution in [0.1, 0.15) is 19.8 Å². The van der Waals surface area contributed by atoms with E-state index in [0.29, 0.717) is 17.9 Å². The van der Waals surface area contributed by atoms with Crippen molar-refractivity contribution in [1.82, 2.24) is 0 Å². The van der Waals surface area contributed by atoms with Crippen LogP contribution >= 0.6 is 11.6 Å². The van der Waals surface area contributed by atoms with Crippen molar-refractivity contribution in [2.24, 2.45) is 11.1 Å². The van der Waals surface area contributed by atoms with Crippen molar-refractivity contribution in [3.05, 3.63) is 33.3 Å². The Labute approximate surface area is 128 Å². The lowest BCUT2D eigenvalue weighted by Crippen LogP contribution is -2.18. The molecule has 118 valence electrons. The molecule has 0 saturated carbocycles. The van der Waals surface area contributed by atoms with Gasteiger partial charge in [-0.1, -0.05) is 18.5 Å². The maximum Gasteiger partial charge on any atom is 0.311 e. The normalized spacial score (nSPS) is 12.9. The molecular weight excluding hydrogens is 320 g/mol. The molecule has 0 aliphatic carbocycles. The topological polar surface area (TPSA) is 113 Å². The van der Waals surface area contributed by atoms with Gasteiger partial charge in [-0.2, -0.15) is 0 Å². The third kappa shape index (κ3) is 6.74. The summed E-state index contributed by atoms with van der Waals surface area (Å²) in [6.07, 6.45) is 0.971. The average Bonchev–Trinajstić information content (AvgIpc) is 2.35. The quantitative estimate of drug-likeness (QED) is 0.578. The Morgan fingerprint density at radius 2 is 2.10 bits per heavy atom. The zero-order valence-electron chi connectivity index (χ0n) is 11.5. The first-order chi connectivity index (χ1) is 9.69. The maximum absolute atomic E-state index is 10.8. The number of ether oxygens (including phenoxy) is 1. The van der Waals surface area contributed by atoms with Crippen LogP contribution < -0.4 is 9.88 Å². The Balaban J connectivity index is 2.52. The standard InChI is InChI=1S/C12H17ClN2O5S/c1-9(5-7-21(14,18)19)4-6-20-12-8-10(13)2-3-11(12)15(16)17/h2-3,8-9H,4-7H2,1H3,(H2,14,18,19). The lowest BCUT2D eigenvalue weighted by Gasteiger charge is -2.12. The number of nitro groups is 1. The molecule has 2 N–H and O–H groups in total. The fourth-order valence-electron chi connectivity index (χ4n) is 1.63. The van der Waals surface area contributed by atoms with E-state index in [1.807, 2.05) is 6.92 Å². The smallest absolute Gasteiger partial charge is 0.311 e. The first kappa shape index (κ1) is 17.7. The molecule has 1 atom stereocenters. The number of primary sulfonamides is 1. The molecular formula is C12H17ClN2O5S. The minimum absolute atomic E-state index is 0.0709. The van der Waals surface area contributed by atoms with Gasteiger partial charge in [0.1, 0.15) is 0 Å². The number of halogens is 1. The van der Waals surface area contributed by atoms with E-state index in [1.54, 1.807) is 0 Å². The van der Waals surface area contributed by atoms with E-state index in [9.17, 15) is 18.5 Å². The number of nitrogens with two attached hydrogens (primary N) is 1. The number of sulfonamides is 1. The van der Waals surface area contributed by atoms with Crippen LogP contribution in [0.15, 0.2) is 18.2 Å². The second kappa shape index (κ2) is 7.58. The molecule has 1 aromatic carbocycles. The van der Waals surface area contributed by atoms with Crippen molar-refractivity contribution in [2.45, 2.75) is 19.8 Å². The van der Waals surface area contributed by atoms with Crippen molar-refractivity contribution >= 4 is 27.3 Å². The Hall–Kier alpha value is -1.38. The van der Waals surface area contributed by atoms with Crippen molar-refractivity contribution < 1.29 is 18.1 Å². The third-order valence-electron chi connectivity index (χ3n) is 2.88. The highest BCUT2D eigenvalue weighted by Crippen LogP contribution is 2.30. The summed E-state index contributed by atoms with van der Waals surface area (Å²) in [5, 5.41) is 16.1. The summed E-state index contributed by atoms with van der Waals surface area (Å²) >= 11 is 5.78. The van der Waals surface area contributed by atoms with Gasteiger partial charge in [0.05, 0.1) is 17.3 Å². The largest absolute Gasteiger partial charge is 0.487 e. The van der Waals surface area contributed by atoms with Gasteiger partial charge in [0, 0.05) is 17.2 Å². The zero-order valence-corrected chi connectivity index (χ0v) is 13.1. The van der Waals surface area contributed by atoms with Gasteiger partial charge < -0.3 is 4.74 Å². The second-order valence-electron chi connectivity index (χ2n) is 4.77. The van der Waals surface area contributed by atoms with Gasteiger partial charge in [0.2, 0.25) is 10.0 Å². The zero-order chi connectivity index (χ0) is 16.0. The maximum atomic E-state index is 10.8. The molecule has 0 radical (unpaired) electrons. The summed E-state index contributed by atoms with van der Waals surface area (Å²) in [7, 11) is -3.47. The fraction of sp³-hybridized carbons (Fsp3) is 0.500. The number of benzene rings is 1. The van der Waals surface area contributed by atoms with E-state index in [0.717, 1.165) is 0 Å². The Kier molecular flexibility index (Phi) is 6.38. The lowest BCUT2D eigenvalue weighted by molar-refractivity contribution is -0.385. The molecule has 1 unspecified atom stereocenters. The predicted molar refractivity (Wildman–Crippen MR) is 80.0 cm³/mol. The monoisotopic (exact) mass is 336 g/mol. The summed E-state index contributed by atoms with van der Waals surface area (Å²) in [4.78, 5) is 10.3. The average molecular weight is 337 g/mol. The molecule has 0 saturated heterocycles. The molecule has 9 heteroatoms. The van der Waals surface area contributed by atoms with Gasteiger partial charge in [0.25, 0.3) is 0 Å². The van der Waals surface area contributed by atoms with Crippen LogP contribution in [0.3, 0.4) is 0 Å². The van der Waals surface area contributed by atoms with Crippen LogP contribution in [-0.2, 0) is 10.0 Å². The number of hydrogen-bond donors (Lipinski definition) is 1. The molecule has 0 heterocycles. The van der Waals surface area contributed by atoms with E-state index in [4.69, 9.17) is 21.5 Å². The van der Waals surface area contributed by atoms with E-state index < -0.39 is 14.9 Å². The second-order valence-corrected chi connectivity index (χ2v) is 6.94. The molecule has 21 heavy (non-hydrogen) atoms. The molecule has 0 aliphatic heterocycles. The summed E-state index contributed by atoms with van der Waals surface area (Å²) in [5.41, 5.74) is -0.156. The highest BCUT2D eigenvalue weighted by Gasteiger charge is 2.16. The summed E-state index contributed by atoms with van der Waals surface area (Å²) in [6, 6.07) is 4.08. The minimum atomic E-state index is -3.47. The van der Waals surface area contributed by atoms with Gasteiger partial charge in [-0.05, 0) is 24.8 Å². The Bertz CT molecular complexity index is 606. The van der Waals surface area contributed by atoms with Gasteiger partial charge in [-0.15, -0.1) is 0 Å². The van der Waals surface area contributed by atoms with Crippen molar-refractivity contribution in [1.29, 1.82) is 0 Å². The van der Waals surface area contributed by atoms with Gasteiger partial charge in [0.15, 0.2) is 5.75 Å². The van der Waals surface area contributed by atoms with E-state index in [1.165, 1.54) is 18.2 Å². The van der Waals surface area contributed by atoms with Gasteiger partial charge >= 0.3 is 5.69 Å². The number of nitro benzene ring substituents is 1. The molecule has 1 rings (SSSR count). The first-order valence-corrected chi connectivity index (χ1v) is 8.35. The highest BCUT2D eigenvalue weighted by molar-refractivity contribution is 7.89. The Morgan fingerprint density at radius 1 is 1.43 bits per heavy atom. The van der Waals surface area contributed by atoms with Gasteiger partial charge in [-0.3, -0.25) is 10.1 Å². The molecule has 0 aliphatic rings. The van der Waals surface area contributed by atoms with Crippen molar-refractivity contribution in [3.63, 3.8) is 0 Å². The van der Waals surface area contributed by atoms with Crippen molar-refractivity contribution in [3.8, 4) is 5.75 Å². The lowest BCUT2D eigenvalue weighted by atomic mass is 10.1. The van der Waals surface area contributed by atoms with Crippen LogP contribution in [0, 0.1) is 16.0 Å². The van der Waals surface area contributed by atoms with Crippen LogP contribution in [0.25, 0.3) is 0 Å². The van der Waals surface area contributed by atoms with E-state index in [-0.39, 0.29) is 29.7 Å². The third-order valence-corrected chi connectivity index (χ3v) is 3.92. The fourth-order valence-corrected chi connectivity index (χ4v) is 2.53. The summed E-state index contributed by atoms with van der Waals surface area (Å²) in [5.74, 6) is 0.0820. The van der Waals surface area contributed by atoms with E-state index >= 15 is 0 Å². The van der Waals surface area contributed by atoms with Crippen LogP contribution in [0.2, 0.25) is 5.02 Å². The molecule has 0 bridgehead atoms. The Morgan fingerprint density at radius 3 is 2.67 bits per heavy atom. The number of rotatable bonds is 8. The predicted octanol–water partition coefficient (Wildman–Crippen LogP) is 2.33. The first-order valence-electron chi connectivity index (χ1n) is 6.26. The highest BCUT2D eigenvalue weighted by atomic mass is 35.5. The molecule has 0 fully saturated rings. The summed E-state index contributed by atoms with van der Waals surface area (Å²) < 4.78 is 27.1. The van der Waals surface area contributed by atoms with Crippen LogP contribution in [0.5, 0.6) is 5.75 Å².